The van der Waals surface area contributed by atoms with Crippen LogP contribution in [0.1, 0.15) is 5.56 Å². The topological polar surface area (TPSA) is 57.6 Å². The molecule has 0 aliphatic heterocycles. The third-order valence-electron chi connectivity index (χ3n) is 2.84. The summed E-state index contributed by atoms with van der Waals surface area (Å²) >= 11 is 0. The molecule has 0 aliphatic carbocycles. The smallest absolute Gasteiger partial charge is 0.294 e. The average molecular weight is 277 g/mol. The molecule has 0 saturated heterocycles. The largest absolute Gasteiger partial charge is 0.370 e. The first kappa shape index (κ1) is 13.6. The summed E-state index contributed by atoms with van der Waals surface area (Å²) in [6, 6.07) is 16.1. The van der Waals surface area contributed by atoms with Gasteiger partial charge in [-0.2, -0.15) is 8.42 Å². The van der Waals surface area contributed by atoms with Crippen molar-refractivity contribution >= 4 is 15.8 Å². The lowest BCUT2D eigenvalue weighted by Gasteiger charge is -2.19. The van der Waals surface area contributed by atoms with Crippen molar-refractivity contribution in [1.82, 2.24) is 0 Å². The van der Waals surface area contributed by atoms with Crippen LogP contribution in [0.2, 0.25) is 0 Å². The third-order valence-corrected chi connectivity index (χ3v) is 3.71. The van der Waals surface area contributed by atoms with E-state index in [1.54, 1.807) is 12.1 Å². The van der Waals surface area contributed by atoms with E-state index in [-0.39, 0.29) is 4.90 Å². The minimum Gasteiger partial charge on any atom is -0.370 e. The first-order valence-corrected chi connectivity index (χ1v) is 7.23. The Morgan fingerprint density at radius 3 is 2.11 bits per heavy atom. The molecule has 0 radical (unpaired) electrons. The van der Waals surface area contributed by atoms with Crippen molar-refractivity contribution in [2.24, 2.45) is 0 Å². The molecule has 2 aromatic rings. The van der Waals surface area contributed by atoms with Gasteiger partial charge in [-0.25, -0.2) is 0 Å². The molecule has 5 heteroatoms. The maximum Gasteiger partial charge on any atom is 0.294 e. The van der Waals surface area contributed by atoms with Gasteiger partial charge in [-0.05, 0) is 29.8 Å². The fourth-order valence-electron chi connectivity index (χ4n) is 1.82. The van der Waals surface area contributed by atoms with Crippen LogP contribution in [-0.2, 0) is 16.7 Å². The van der Waals surface area contributed by atoms with Gasteiger partial charge in [0.1, 0.15) is 0 Å². The van der Waals surface area contributed by atoms with E-state index in [0.29, 0.717) is 0 Å². The van der Waals surface area contributed by atoms with Gasteiger partial charge in [0.25, 0.3) is 10.1 Å². The normalized spacial score (nSPS) is 11.3. The van der Waals surface area contributed by atoms with E-state index >= 15 is 0 Å². The molecule has 0 aromatic heterocycles. The van der Waals surface area contributed by atoms with Crippen molar-refractivity contribution in [3.05, 3.63) is 60.2 Å². The molecule has 2 aromatic carbocycles. The zero-order valence-electron chi connectivity index (χ0n) is 10.5. The summed E-state index contributed by atoms with van der Waals surface area (Å²) in [5, 5.41) is 0. The molecule has 4 nitrogen and oxygen atoms in total. The molecule has 0 bridgehead atoms. The molecule has 0 fully saturated rings. The predicted molar refractivity (Wildman–Crippen MR) is 74.8 cm³/mol. The maximum absolute atomic E-state index is 10.9. The molecule has 100 valence electrons. The Labute approximate surface area is 113 Å². The lowest BCUT2D eigenvalue weighted by molar-refractivity contribution is 0.483. The molecule has 0 aliphatic rings. The summed E-state index contributed by atoms with van der Waals surface area (Å²) in [5.74, 6) is 0. The van der Waals surface area contributed by atoms with E-state index in [0.717, 1.165) is 12.2 Å². The molecule has 0 atom stereocenters. The van der Waals surface area contributed by atoms with Gasteiger partial charge in [0.15, 0.2) is 0 Å². The zero-order chi connectivity index (χ0) is 13.9. The SMILES string of the molecule is CN(Cc1ccccc1)c1ccc(S(=O)(=O)O)cc1. The molecular weight excluding hydrogens is 262 g/mol. The average Bonchev–Trinajstić information content (AvgIpc) is 2.39. The van der Waals surface area contributed by atoms with Crippen molar-refractivity contribution in [1.29, 1.82) is 0 Å². The Bertz CT molecular complexity index is 636. The number of anilines is 1. The molecule has 0 saturated carbocycles. The van der Waals surface area contributed by atoms with E-state index in [1.807, 2.05) is 42.3 Å². The summed E-state index contributed by atoms with van der Waals surface area (Å²) in [6.07, 6.45) is 0. The van der Waals surface area contributed by atoms with Crippen LogP contribution < -0.4 is 4.90 Å². The summed E-state index contributed by atoms with van der Waals surface area (Å²) in [5.41, 5.74) is 2.06. The van der Waals surface area contributed by atoms with Crippen molar-refractivity contribution < 1.29 is 13.0 Å². The number of hydrogen-bond donors (Lipinski definition) is 1. The van der Waals surface area contributed by atoms with Crippen LogP contribution >= 0.6 is 0 Å². The summed E-state index contributed by atoms with van der Waals surface area (Å²) < 4.78 is 30.8. The molecule has 0 spiro atoms. The number of benzene rings is 2. The van der Waals surface area contributed by atoms with Gasteiger partial charge in [-0.3, -0.25) is 4.55 Å². The standard InChI is InChI=1S/C14H15NO3S/c1-15(11-12-5-3-2-4-6-12)13-7-9-14(10-8-13)19(16,17)18/h2-10H,11H2,1H3,(H,16,17,18). The Balaban J connectivity index is 2.14. The second kappa shape index (κ2) is 5.42. The molecule has 0 heterocycles. The quantitative estimate of drug-likeness (QED) is 0.873. The Kier molecular flexibility index (Phi) is 3.87. The molecule has 19 heavy (non-hydrogen) atoms. The van der Waals surface area contributed by atoms with Crippen LogP contribution in [-0.4, -0.2) is 20.0 Å². The van der Waals surface area contributed by atoms with Crippen molar-refractivity contribution in [3.63, 3.8) is 0 Å². The summed E-state index contributed by atoms with van der Waals surface area (Å²) in [6.45, 7) is 0.728. The van der Waals surface area contributed by atoms with E-state index in [1.165, 1.54) is 17.7 Å². The first-order chi connectivity index (χ1) is 8.97. The van der Waals surface area contributed by atoms with E-state index < -0.39 is 10.1 Å². The number of hydrogen-bond acceptors (Lipinski definition) is 3. The van der Waals surface area contributed by atoms with E-state index in [9.17, 15) is 8.42 Å². The minimum atomic E-state index is -4.12. The highest BCUT2D eigenvalue weighted by Crippen LogP contribution is 2.18. The van der Waals surface area contributed by atoms with Crippen molar-refractivity contribution in [3.8, 4) is 0 Å². The second-order valence-electron chi connectivity index (χ2n) is 4.31. The Hall–Kier alpha value is -1.85. The fourth-order valence-corrected chi connectivity index (χ4v) is 2.30. The van der Waals surface area contributed by atoms with Gasteiger partial charge in [0.2, 0.25) is 0 Å². The first-order valence-electron chi connectivity index (χ1n) is 5.79. The van der Waals surface area contributed by atoms with E-state index in [2.05, 4.69) is 0 Å². The van der Waals surface area contributed by atoms with Gasteiger partial charge < -0.3 is 4.90 Å². The molecule has 0 unspecified atom stereocenters. The lowest BCUT2D eigenvalue weighted by atomic mass is 10.2. The highest BCUT2D eigenvalue weighted by molar-refractivity contribution is 7.85. The van der Waals surface area contributed by atoms with Crippen LogP contribution in [0.25, 0.3) is 0 Å². The maximum atomic E-state index is 10.9. The minimum absolute atomic E-state index is 0.0932. The van der Waals surface area contributed by atoms with Gasteiger partial charge in [0, 0.05) is 19.3 Å². The lowest BCUT2D eigenvalue weighted by Crippen LogP contribution is -2.16. The highest BCUT2D eigenvalue weighted by Gasteiger charge is 2.09. The highest BCUT2D eigenvalue weighted by atomic mass is 32.2. The van der Waals surface area contributed by atoms with Crippen LogP contribution in [0.15, 0.2) is 59.5 Å². The van der Waals surface area contributed by atoms with E-state index in [4.69, 9.17) is 4.55 Å². The monoisotopic (exact) mass is 277 g/mol. The van der Waals surface area contributed by atoms with Gasteiger partial charge in [-0.1, -0.05) is 30.3 Å². The molecule has 1 N–H and O–H groups in total. The molecule has 2 rings (SSSR count). The van der Waals surface area contributed by atoms with Crippen molar-refractivity contribution in [2.45, 2.75) is 11.4 Å². The Morgan fingerprint density at radius 2 is 1.58 bits per heavy atom. The van der Waals surface area contributed by atoms with Crippen LogP contribution in [0.5, 0.6) is 0 Å². The van der Waals surface area contributed by atoms with Crippen LogP contribution in [0, 0.1) is 0 Å². The van der Waals surface area contributed by atoms with Gasteiger partial charge in [-0.15, -0.1) is 0 Å². The van der Waals surface area contributed by atoms with Crippen LogP contribution in [0.4, 0.5) is 5.69 Å². The zero-order valence-corrected chi connectivity index (χ0v) is 11.3. The molecule has 0 amide bonds. The second-order valence-corrected chi connectivity index (χ2v) is 5.73. The predicted octanol–water partition coefficient (Wildman–Crippen LogP) is 2.57. The molecular formula is C14H15NO3S. The number of rotatable bonds is 4. The Morgan fingerprint density at radius 1 is 1.00 bits per heavy atom. The van der Waals surface area contributed by atoms with Gasteiger partial charge in [0.05, 0.1) is 4.90 Å². The van der Waals surface area contributed by atoms with Crippen LogP contribution in [0.3, 0.4) is 0 Å². The van der Waals surface area contributed by atoms with Crippen molar-refractivity contribution in [2.75, 3.05) is 11.9 Å². The third kappa shape index (κ3) is 3.56. The summed E-state index contributed by atoms with van der Waals surface area (Å²) in [4.78, 5) is 1.91. The fraction of sp³-hybridized carbons (Fsp3) is 0.143. The van der Waals surface area contributed by atoms with Gasteiger partial charge >= 0.3 is 0 Å². The number of nitrogens with zero attached hydrogens (tertiary/aromatic N) is 1. The summed E-state index contributed by atoms with van der Waals surface area (Å²) in [7, 11) is -2.20.